The molecule has 0 bridgehead atoms. The predicted octanol–water partition coefficient (Wildman–Crippen LogP) is 0.911. The van der Waals surface area contributed by atoms with Crippen LogP contribution in [0.25, 0.3) is 0 Å². The normalized spacial score (nSPS) is 9.30. The van der Waals surface area contributed by atoms with Crippen molar-refractivity contribution >= 4 is 5.97 Å². The van der Waals surface area contributed by atoms with Gasteiger partial charge in [0.1, 0.15) is 0 Å². The van der Waals surface area contributed by atoms with E-state index in [1.54, 1.807) is 0 Å². The number of carbonyl (C=O) groups is 1. The van der Waals surface area contributed by atoms with E-state index in [1.165, 1.54) is 19.3 Å². The number of aromatic hydroxyl groups is 1. The average molecular weight is 142 g/mol. The van der Waals surface area contributed by atoms with E-state index in [9.17, 15) is 4.79 Å². The second kappa shape index (κ2) is 2.43. The molecule has 1 N–H and O–H groups in total. The molecular weight excluding hydrogens is 136 g/mol. The Kier molecular flexibility index (Phi) is 1.62. The highest BCUT2D eigenvalue weighted by molar-refractivity contribution is 5.69. The molecule has 0 aliphatic heterocycles. The molecule has 1 heterocycles. The van der Waals surface area contributed by atoms with Gasteiger partial charge in [0.2, 0.25) is 5.75 Å². The van der Waals surface area contributed by atoms with E-state index >= 15 is 0 Å². The van der Waals surface area contributed by atoms with Crippen molar-refractivity contribution in [2.45, 2.75) is 6.92 Å². The van der Waals surface area contributed by atoms with Gasteiger partial charge in [-0.25, -0.2) is 0 Å². The maximum atomic E-state index is 10.3. The molecule has 0 saturated carbocycles. The molecule has 4 nitrogen and oxygen atoms in total. The molecule has 4 heteroatoms. The standard InChI is InChI=1S/C6H6O4/c1-4(7)10-5-2-3-9-6(5)8/h2-3,8H,1H3. The maximum Gasteiger partial charge on any atom is 0.326 e. The van der Waals surface area contributed by atoms with Crippen LogP contribution >= 0.6 is 0 Å². The first kappa shape index (κ1) is 6.67. The Morgan fingerprint density at radius 2 is 2.50 bits per heavy atom. The SMILES string of the molecule is CC(=O)Oc1ccoc1O. The Hall–Kier alpha value is -1.45. The first-order chi connectivity index (χ1) is 4.70. The second-order valence-corrected chi connectivity index (χ2v) is 1.68. The van der Waals surface area contributed by atoms with Gasteiger partial charge >= 0.3 is 11.9 Å². The minimum absolute atomic E-state index is 0.0486. The summed E-state index contributed by atoms with van der Waals surface area (Å²) in [6.07, 6.45) is 1.23. The molecule has 0 aromatic carbocycles. The van der Waals surface area contributed by atoms with Crippen LogP contribution < -0.4 is 4.74 Å². The van der Waals surface area contributed by atoms with Gasteiger partial charge < -0.3 is 14.3 Å². The van der Waals surface area contributed by atoms with E-state index in [0.29, 0.717) is 0 Å². The van der Waals surface area contributed by atoms with Crippen molar-refractivity contribution in [1.82, 2.24) is 0 Å². The van der Waals surface area contributed by atoms with Crippen LogP contribution in [0.3, 0.4) is 0 Å². The molecule has 1 aromatic heterocycles. The van der Waals surface area contributed by atoms with Gasteiger partial charge in [0.05, 0.1) is 6.26 Å². The number of hydrogen-bond donors (Lipinski definition) is 1. The summed E-state index contributed by atoms with van der Waals surface area (Å²) in [6, 6.07) is 1.36. The Morgan fingerprint density at radius 3 is 2.90 bits per heavy atom. The molecule has 0 atom stereocenters. The average Bonchev–Trinajstić information content (AvgIpc) is 2.15. The number of esters is 1. The van der Waals surface area contributed by atoms with Gasteiger partial charge in [-0.15, -0.1) is 0 Å². The fourth-order valence-electron chi connectivity index (χ4n) is 0.522. The molecule has 0 amide bonds. The van der Waals surface area contributed by atoms with Crippen LogP contribution in [0.4, 0.5) is 0 Å². The summed E-state index contributed by atoms with van der Waals surface area (Å²) in [4.78, 5) is 10.3. The van der Waals surface area contributed by atoms with E-state index in [1.807, 2.05) is 0 Å². The highest BCUT2D eigenvalue weighted by Crippen LogP contribution is 2.25. The van der Waals surface area contributed by atoms with Crippen molar-refractivity contribution in [1.29, 1.82) is 0 Å². The molecular formula is C6H6O4. The van der Waals surface area contributed by atoms with E-state index < -0.39 is 5.97 Å². The highest BCUT2D eigenvalue weighted by Gasteiger charge is 2.06. The molecule has 0 saturated heterocycles. The smallest absolute Gasteiger partial charge is 0.326 e. The monoisotopic (exact) mass is 142 g/mol. The molecule has 1 aromatic rings. The lowest BCUT2D eigenvalue weighted by atomic mass is 10.6. The number of rotatable bonds is 1. The first-order valence-corrected chi connectivity index (χ1v) is 2.65. The van der Waals surface area contributed by atoms with E-state index in [2.05, 4.69) is 9.15 Å². The van der Waals surface area contributed by atoms with Crippen LogP contribution in [0.5, 0.6) is 11.7 Å². The van der Waals surface area contributed by atoms with Crippen LogP contribution in [0.1, 0.15) is 6.92 Å². The second-order valence-electron chi connectivity index (χ2n) is 1.68. The molecule has 1 rings (SSSR count). The third-order valence-electron chi connectivity index (χ3n) is 0.864. The first-order valence-electron chi connectivity index (χ1n) is 2.65. The van der Waals surface area contributed by atoms with Gasteiger partial charge in [-0.1, -0.05) is 0 Å². The van der Waals surface area contributed by atoms with E-state index in [-0.39, 0.29) is 11.7 Å². The van der Waals surface area contributed by atoms with Crippen LogP contribution in [-0.4, -0.2) is 11.1 Å². The zero-order valence-corrected chi connectivity index (χ0v) is 5.33. The zero-order valence-electron chi connectivity index (χ0n) is 5.33. The van der Waals surface area contributed by atoms with Gasteiger partial charge in [-0.05, 0) is 0 Å². The fraction of sp³-hybridized carbons (Fsp3) is 0.167. The molecule has 0 aliphatic rings. The van der Waals surface area contributed by atoms with Gasteiger partial charge in [0.15, 0.2) is 0 Å². The van der Waals surface area contributed by atoms with E-state index in [0.717, 1.165) is 0 Å². The van der Waals surface area contributed by atoms with Crippen molar-refractivity contribution < 1.29 is 19.1 Å². The van der Waals surface area contributed by atoms with Gasteiger partial charge in [-0.2, -0.15) is 0 Å². The van der Waals surface area contributed by atoms with Crippen LogP contribution in [0, 0.1) is 0 Å². The lowest BCUT2D eigenvalue weighted by molar-refractivity contribution is -0.132. The molecule has 0 aliphatic carbocycles. The largest absolute Gasteiger partial charge is 0.478 e. The van der Waals surface area contributed by atoms with Crippen LogP contribution in [0.15, 0.2) is 16.7 Å². The number of carbonyl (C=O) groups excluding carboxylic acids is 1. The Labute approximate surface area is 57.0 Å². The van der Waals surface area contributed by atoms with Crippen LogP contribution in [0.2, 0.25) is 0 Å². The van der Waals surface area contributed by atoms with Crippen molar-refractivity contribution in [2.75, 3.05) is 0 Å². The lowest BCUT2D eigenvalue weighted by Crippen LogP contribution is -1.99. The third-order valence-corrected chi connectivity index (χ3v) is 0.864. The number of ether oxygens (including phenoxy) is 1. The number of hydrogen-bond acceptors (Lipinski definition) is 4. The molecule has 10 heavy (non-hydrogen) atoms. The summed E-state index contributed by atoms with van der Waals surface area (Å²) in [7, 11) is 0. The van der Waals surface area contributed by atoms with Gasteiger partial charge in [-0.3, -0.25) is 4.79 Å². The maximum absolute atomic E-state index is 10.3. The summed E-state index contributed by atoms with van der Waals surface area (Å²) < 4.78 is 8.95. The zero-order chi connectivity index (χ0) is 7.56. The number of furan rings is 1. The Morgan fingerprint density at radius 1 is 1.80 bits per heavy atom. The lowest BCUT2D eigenvalue weighted by Gasteiger charge is -1.93. The Balaban J connectivity index is 2.74. The van der Waals surface area contributed by atoms with Gasteiger partial charge in [0, 0.05) is 13.0 Å². The molecule has 0 unspecified atom stereocenters. The predicted molar refractivity (Wildman–Crippen MR) is 31.7 cm³/mol. The van der Waals surface area contributed by atoms with Crippen LogP contribution in [-0.2, 0) is 4.79 Å². The molecule has 0 spiro atoms. The van der Waals surface area contributed by atoms with Crippen molar-refractivity contribution in [3.8, 4) is 11.7 Å². The summed E-state index contributed by atoms with van der Waals surface area (Å²) in [5.74, 6) is -0.820. The third kappa shape index (κ3) is 1.28. The van der Waals surface area contributed by atoms with Crippen molar-refractivity contribution in [3.05, 3.63) is 12.3 Å². The minimum Gasteiger partial charge on any atom is -0.478 e. The quantitative estimate of drug-likeness (QED) is 0.592. The summed E-state index contributed by atoms with van der Waals surface area (Å²) in [5.41, 5.74) is 0. The molecule has 54 valence electrons. The molecule has 0 fully saturated rings. The topological polar surface area (TPSA) is 59.7 Å². The molecule has 0 radical (unpaired) electrons. The minimum atomic E-state index is -0.489. The Bertz CT molecular complexity index is 238. The summed E-state index contributed by atoms with van der Waals surface area (Å²) >= 11 is 0. The van der Waals surface area contributed by atoms with Crippen molar-refractivity contribution in [3.63, 3.8) is 0 Å². The van der Waals surface area contributed by atoms with Gasteiger partial charge in [0.25, 0.3) is 0 Å². The highest BCUT2D eigenvalue weighted by atomic mass is 16.6. The summed E-state index contributed by atoms with van der Waals surface area (Å²) in [6.45, 7) is 1.24. The van der Waals surface area contributed by atoms with Crippen molar-refractivity contribution in [2.24, 2.45) is 0 Å². The fourth-order valence-corrected chi connectivity index (χ4v) is 0.522. The van der Waals surface area contributed by atoms with E-state index in [4.69, 9.17) is 5.11 Å². The summed E-state index contributed by atoms with van der Waals surface area (Å²) in [5, 5.41) is 8.76.